The van der Waals surface area contributed by atoms with Crippen LogP contribution in [0.1, 0.15) is 38.7 Å². The molecule has 36 heavy (non-hydrogen) atoms. The van der Waals surface area contributed by atoms with Gasteiger partial charge in [0, 0.05) is 50.4 Å². The van der Waals surface area contributed by atoms with Crippen LogP contribution in [0.3, 0.4) is 0 Å². The highest BCUT2D eigenvalue weighted by atomic mass is 19.1. The molecule has 1 saturated heterocycles. The average Bonchev–Trinajstić information content (AvgIpc) is 3.33. The first-order chi connectivity index (χ1) is 17.3. The Morgan fingerprint density at radius 3 is 2.42 bits per heavy atom. The number of carbonyl (C=O) groups excluding carboxylic acids is 2. The van der Waals surface area contributed by atoms with Crippen LogP contribution >= 0.6 is 0 Å². The maximum Gasteiger partial charge on any atom is 0.254 e. The minimum Gasteiger partial charge on any atom is -0.394 e. The summed E-state index contributed by atoms with van der Waals surface area (Å²) >= 11 is 0. The second kappa shape index (κ2) is 9.39. The minimum absolute atomic E-state index is 0.00781. The van der Waals surface area contributed by atoms with Crippen LogP contribution in [-0.2, 0) is 0 Å². The van der Waals surface area contributed by atoms with E-state index >= 15 is 0 Å². The second-order valence-electron chi connectivity index (χ2n) is 9.82. The summed E-state index contributed by atoms with van der Waals surface area (Å²) in [6.45, 7) is 0.554. The van der Waals surface area contributed by atoms with E-state index in [4.69, 9.17) is 0 Å². The molecule has 0 spiro atoms. The fraction of sp³-hybridized carbons (Fsp3) is 0.310. The Morgan fingerprint density at radius 1 is 1.00 bits per heavy atom. The Bertz CT molecular complexity index is 1310. The lowest BCUT2D eigenvalue weighted by Gasteiger charge is -2.44. The van der Waals surface area contributed by atoms with Gasteiger partial charge in [-0.2, -0.15) is 0 Å². The van der Waals surface area contributed by atoms with E-state index in [1.54, 1.807) is 25.1 Å². The molecule has 2 amide bonds. The number of hydrogen-bond donors (Lipinski definition) is 1. The quantitative estimate of drug-likeness (QED) is 0.599. The number of amides is 2. The summed E-state index contributed by atoms with van der Waals surface area (Å²) in [5, 5.41) is 10.2. The smallest absolute Gasteiger partial charge is 0.254 e. The van der Waals surface area contributed by atoms with Crippen molar-refractivity contribution in [3.63, 3.8) is 0 Å². The number of aliphatic hydroxyl groups is 1. The topological polar surface area (TPSA) is 64.1 Å². The van der Waals surface area contributed by atoms with Crippen molar-refractivity contribution in [3.8, 4) is 11.1 Å². The molecule has 3 aromatic carbocycles. The summed E-state index contributed by atoms with van der Waals surface area (Å²) in [6.07, 6.45) is 0.768. The van der Waals surface area contributed by atoms with Gasteiger partial charge in [-0.1, -0.05) is 18.2 Å². The standard InChI is InChI=1S/C29H30FN3O3/c1-31(2)28(35)21-6-4-5-19(15-21)20-9-12-25-24(16-20)27-23(26(17-34)32(25)3)13-14-33(27)29(36)18-7-10-22(30)11-8-18/h4-12,15-16,23,26-27,34H,13-14,17H2,1-3H3/t23-,26+,27-/m0/s1. The molecule has 1 N–H and O–H groups in total. The van der Waals surface area contributed by atoms with Crippen LogP contribution in [0.15, 0.2) is 66.7 Å². The number of likely N-dealkylation sites (tertiary alicyclic amines) is 1. The molecule has 0 saturated carbocycles. The number of benzene rings is 3. The summed E-state index contributed by atoms with van der Waals surface area (Å²) in [6, 6.07) is 19.0. The molecule has 0 bridgehead atoms. The Labute approximate surface area is 210 Å². The van der Waals surface area contributed by atoms with Crippen molar-refractivity contribution in [2.24, 2.45) is 5.92 Å². The fourth-order valence-corrected chi connectivity index (χ4v) is 5.71. The average molecular weight is 488 g/mol. The normalized spacial score (nSPS) is 20.6. The summed E-state index contributed by atoms with van der Waals surface area (Å²) in [4.78, 5) is 31.6. The first kappa shape index (κ1) is 24.0. The van der Waals surface area contributed by atoms with E-state index < -0.39 is 0 Å². The molecular weight excluding hydrogens is 457 g/mol. The summed E-state index contributed by atoms with van der Waals surface area (Å²) < 4.78 is 13.5. The first-order valence-electron chi connectivity index (χ1n) is 12.2. The Kier molecular flexibility index (Phi) is 6.26. The van der Waals surface area contributed by atoms with Gasteiger partial charge in [-0.3, -0.25) is 9.59 Å². The number of hydrogen-bond acceptors (Lipinski definition) is 4. The van der Waals surface area contributed by atoms with Gasteiger partial charge >= 0.3 is 0 Å². The maximum atomic E-state index is 13.5. The van der Waals surface area contributed by atoms with Gasteiger partial charge in [-0.15, -0.1) is 0 Å². The highest BCUT2D eigenvalue weighted by molar-refractivity contribution is 5.96. The van der Waals surface area contributed by atoms with E-state index in [9.17, 15) is 19.1 Å². The second-order valence-corrected chi connectivity index (χ2v) is 9.82. The van der Waals surface area contributed by atoms with Crippen molar-refractivity contribution in [2.75, 3.05) is 39.2 Å². The molecular formula is C29H30FN3O3. The Balaban J connectivity index is 1.58. The lowest BCUT2D eigenvalue weighted by Crippen LogP contribution is -2.48. The predicted octanol–water partition coefficient (Wildman–Crippen LogP) is 4.21. The summed E-state index contributed by atoms with van der Waals surface area (Å²) in [5.41, 5.74) is 4.92. The molecule has 0 radical (unpaired) electrons. The van der Waals surface area contributed by atoms with E-state index in [0.29, 0.717) is 17.7 Å². The number of rotatable bonds is 4. The Hall–Kier alpha value is -3.71. The zero-order valence-corrected chi connectivity index (χ0v) is 20.7. The number of likely N-dealkylation sites (N-methyl/N-ethyl adjacent to an activating group) is 1. The number of carbonyl (C=O) groups is 2. The third-order valence-corrected chi connectivity index (χ3v) is 7.55. The highest BCUT2D eigenvalue weighted by Crippen LogP contribution is 2.49. The van der Waals surface area contributed by atoms with Crippen molar-refractivity contribution < 1.29 is 19.1 Å². The van der Waals surface area contributed by atoms with Crippen LogP contribution < -0.4 is 4.90 Å². The molecule has 2 aliphatic rings. The SMILES string of the molecule is CN(C)C(=O)c1cccc(-c2ccc3c(c2)[C@@H]2[C@@H](CCN2C(=O)c2ccc(F)cc2)[C@@H](CO)N3C)c1. The van der Waals surface area contributed by atoms with Crippen LogP contribution in [-0.4, -0.2) is 67.1 Å². The Morgan fingerprint density at radius 2 is 1.72 bits per heavy atom. The van der Waals surface area contributed by atoms with Gasteiger partial charge in [-0.25, -0.2) is 4.39 Å². The van der Waals surface area contributed by atoms with Gasteiger partial charge in [0.25, 0.3) is 11.8 Å². The molecule has 3 atom stereocenters. The van der Waals surface area contributed by atoms with Crippen molar-refractivity contribution >= 4 is 17.5 Å². The van der Waals surface area contributed by atoms with Gasteiger partial charge in [0.1, 0.15) is 5.82 Å². The third kappa shape index (κ3) is 4.03. The monoisotopic (exact) mass is 487 g/mol. The van der Waals surface area contributed by atoms with E-state index in [-0.39, 0.29) is 42.2 Å². The van der Waals surface area contributed by atoms with E-state index in [1.165, 1.54) is 24.3 Å². The lowest BCUT2D eigenvalue weighted by atomic mass is 9.81. The predicted molar refractivity (Wildman–Crippen MR) is 137 cm³/mol. The number of aliphatic hydroxyl groups excluding tert-OH is 1. The zero-order valence-electron chi connectivity index (χ0n) is 20.7. The molecule has 0 aliphatic carbocycles. The number of fused-ring (bicyclic) bond motifs is 3. The summed E-state index contributed by atoms with van der Waals surface area (Å²) in [7, 11) is 5.44. The van der Waals surface area contributed by atoms with Crippen molar-refractivity contribution in [1.29, 1.82) is 0 Å². The largest absolute Gasteiger partial charge is 0.394 e. The van der Waals surface area contributed by atoms with Gasteiger partial charge < -0.3 is 19.8 Å². The minimum atomic E-state index is -0.379. The van der Waals surface area contributed by atoms with Crippen LogP contribution in [0, 0.1) is 11.7 Å². The van der Waals surface area contributed by atoms with Crippen LogP contribution in [0.4, 0.5) is 10.1 Å². The molecule has 0 aromatic heterocycles. The molecule has 2 heterocycles. The van der Waals surface area contributed by atoms with Crippen LogP contribution in [0.5, 0.6) is 0 Å². The van der Waals surface area contributed by atoms with E-state index in [0.717, 1.165) is 28.8 Å². The van der Waals surface area contributed by atoms with Crippen LogP contribution in [0.25, 0.3) is 11.1 Å². The molecule has 6 nitrogen and oxygen atoms in total. The van der Waals surface area contributed by atoms with Gasteiger partial charge in [0.15, 0.2) is 0 Å². The molecule has 2 aliphatic heterocycles. The van der Waals surface area contributed by atoms with Gasteiger partial charge in [-0.05, 0) is 71.6 Å². The zero-order chi connectivity index (χ0) is 25.6. The molecule has 7 heteroatoms. The van der Waals surface area contributed by atoms with E-state index in [2.05, 4.69) is 11.0 Å². The van der Waals surface area contributed by atoms with Crippen molar-refractivity contribution in [2.45, 2.75) is 18.5 Å². The molecule has 0 unspecified atom stereocenters. The van der Waals surface area contributed by atoms with E-state index in [1.807, 2.05) is 42.3 Å². The molecule has 1 fully saturated rings. The molecule has 186 valence electrons. The highest BCUT2D eigenvalue weighted by Gasteiger charge is 2.47. The van der Waals surface area contributed by atoms with Gasteiger partial charge in [0.2, 0.25) is 0 Å². The first-order valence-corrected chi connectivity index (χ1v) is 12.2. The third-order valence-electron chi connectivity index (χ3n) is 7.55. The number of anilines is 1. The lowest BCUT2D eigenvalue weighted by molar-refractivity contribution is 0.0693. The van der Waals surface area contributed by atoms with Gasteiger partial charge in [0.05, 0.1) is 18.7 Å². The number of nitrogens with zero attached hydrogens (tertiary/aromatic N) is 3. The van der Waals surface area contributed by atoms with Crippen molar-refractivity contribution in [3.05, 3.63) is 89.2 Å². The maximum absolute atomic E-state index is 13.5. The molecule has 5 rings (SSSR count). The van der Waals surface area contributed by atoms with Crippen molar-refractivity contribution in [1.82, 2.24) is 9.80 Å². The fourth-order valence-electron chi connectivity index (χ4n) is 5.71. The summed E-state index contributed by atoms with van der Waals surface area (Å²) in [5.74, 6) is -0.518. The molecule has 3 aromatic rings. The van der Waals surface area contributed by atoms with Crippen LogP contribution in [0.2, 0.25) is 0 Å². The number of halogens is 1.